The van der Waals surface area contributed by atoms with Gasteiger partial charge in [-0.25, -0.2) is 8.42 Å². The zero-order chi connectivity index (χ0) is 18.1. The van der Waals surface area contributed by atoms with Gasteiger partial charge in [-0.3, -0.25) is 0 Å². The molecule has 2 aromatic rings. The van der Waals surface area contributed by atoms with Gasteiger partial charge in [-0.2, -0.15) is 0 Å². The molecule has 0 bridgehead atoms. The van der Waals surface area contributed by atoms with Crippen LogP contribution in [0.1, 0.15) is 51.0 Å². The summed E-state index contributed by atoms with van der Waals surface area (Å²) in [5.74, 6) is 1.29. The van der Waals surface area contributed by atoms with E-state index in [0.29, 0.717) is 17.9 Å². The van der Waals surface area contributed by atoms with Gasteiger partial charge in [0.1, 0.15) is 21.6 Å². The Morgan fingerprint density at radius 1 is 0.923 bits per heavy atom. The van der Waals surface area contributed by atoms with Crippen molar-refractivity contribution in [2.45, 2.75) is 56.8 Å². The number of aryl methyl sites for hydroxylation is 1. The summed E-state index contributed by atoms with van der Waals surface area (Å²) in [5, 5.41) is 0. The number of hydrogen-bond acceptors (Lipinski definition) is 4. The number of rotatable bonds is 10. The Labute approximate surface area is 179 Å². The fourth-order valence-corrected chi connectivity index (χ4v) is 3.24. The van der Waals surface area contributed by atoms with Gasteiger partial charge < -0.3 is 9.29 Å². The van der Waals surface area contributed by atoms with Gasteiger partial charge in [-0.05, 0) is 48.7 Å². The summed E-state index contributed by atoms with van der Waals surface area (Å²) >= 11 is 0. The summed E-state index contributed by atoms with van der Waals surface area (Å²) in [5.41, 5.74) is 0.760. The van der Waals surface area contributed by atoms with Crippen LogP contribution in [0.5, 0.6) is 11.5 Å². The molecule has 4 nitrogen and oxygen atoms in total. The molecule has 0 spiro atoms. The molecule has 0 heterocycles. The van der Waals surface area contributed by atoms with Crippen LogP contribution in [0.25, 0.3) is 0 Å². The summed E-state index contributed by atoms with van der Waals surface area (Å²) in [6.07, 6.45) is 7.56. The molecule has 0 N–H and O–H groups in total. The van der Waals surface area contributed by atoms with Gasteiger partial charge in [0.05, 0.1) is 4.90 Å². The smallest absolute Gasteiger partial charge is 0.744 e. The molecule has 6 heteroatoms. The van der Waals surface area contributed by atoms with Gasteiger partial charge in [-0.15, -0.1) is 0 Å². The molecule has 0 atom stereocenters. The molecule has 0 unspecified atom stereocenters. The number of hydrogen-bond donors (Lipinski definition) is 0. The van der Waals surface area contributed by atoms with Crippen molar-refractivity contribution in [3.05, 3.63) is 54.1 Å². The zero-order valence-corrected chi connectivity index (χ0v) is 18.4. The molecule has 2 aromatic carbocycles. The van der Waals surface area contributed by atoms with E-state index in [1.807, 2.05) is 30.3 Å². The van der Waals surface area contributed by atoms with Crippen molar-refractivity contribution in [2.24, 2.45) is 0 Å². The van der Waals surface area contributed by atoms with Gasteiger partial charge >= 0.3 is 29.6 Å². The third kappa shape index (κ3) is 7.80. The van der Waals surface area contributed by atoms with Crippen LogP contribution in [-0.4, -0.2) is 13.0 Å². The van der Waals surface area contributed by atoms with E-state index in [1.54, 1.807) is 6.07 Å². The molecule has 0 aromatic heterocycles. The largest absolute Gasteiger partial charge is 1.00 e. The fourth-order valence-electron chi connectivity index (χ4n) is 2.72. The van der Waals surface area contributed by atoms with Crippen LogP contribution < -0.4 is 34.3 Å². The number of ether oxygens (including phenoxy) is 1. The van der Waals surface area contributed by atoms with E-state index in [2.05, 4.69) is 6.92 Å². The van der Waals surface area contributed by atoms with Gasteiger partial charge in [0, 0.05) is 0 Å². The maximum absolute atomic E-state index is 11.3. The van der Waals surface area contributed by atoms with E-state index in [9.17, 15) is 13.0 Å². The average Bonchev–Trinajstić information content (AvgIpc) is 2.59. The molecular weight excluding hydrogens is 359 g/mol. The summed E-state index contributed by atoms with van der Waals surface area (Å²) in [7, 11) is -4.46. The van der Waals surface area contributed by atoms with Crippen LogP contribution >= 0.6 is 0 Å². The Balaban J connectivity index is 0.00000338. The predicted molar refractivity (Wildman–Crippen MR) is 98.0 cm³/mol. The van der Waals surface area contributed by atoms with Crippen LogP contribution in [-0.2, 0) is 16.5 Å². The maximum atomic E-state index is 11.3. The quantitative estimate of drug-likeness (QED) is 0.358. The zero-order valence-electron chi connectivity index (χ0n) is 15.6. The molecule has 0 amide bonds. The third-order valence-electron chi connectivity index (χ3n) is 4.09. The number of unbranched alkanes of at least 4 members (excludes halogenated alkanes) is 5. The summed E-state index contributed by atoms with van der Waals surface area (Å²) in [6.45, 7) is 2.18. The second kappa shape index (κ2) is 11.8. The molecule has 0 aliphatic rings. The van der Waals surface area contributed by atoms with Crippen molar-refractivity contribution in [1.29, 1.82) is 0 Å². The second-order valence-electron chi connectivity index (χ2n) is 6.16. The third-order valence-corrected chi connectivity index (χ3v) is 4.92. The van der Waals surface area contributed by atoms with E-state index in [4.69, 9.17) is 4.74 Å². The van der Waals surface area contributed by atoms with E-state index in [0.717, 1.165) is 18.4 Å². The summed E-state index contributed by atoms with van der Waals surface area (Å²) in [4.78, 5) is -0.200. The molecule has 0 aliphatic carbocycles. The SMILES string of the molecule is CCCCCCCCc1cc(S(=O)(=O)[O-])ccc1Oc1ccccc1.[Na+]. The van der Waals surface area contributed by atoms with E-state index in [1.165, 1.54) is 37.8 Å². The molecule has 136 valence electrons. The van der Waals surface area contributed by atoms with Crippen LogP contribution in [0.2, 0.25) is 0 Å². The number of para-hydroxylation sites is 1. The maximum Gasteiger partial charge on any atom is 1.00 e. The van der Waals surface area contributed by atoms with E-state index < -0.39 is 10.1 Å². The molecule has 0 fully saturated rings. The van der Waals surface area contributed by atoms with Gasteiger partial charge in [0.25, 0.3) is 0 Å². The number of benzene rings is 2. The van der Waals surface area contributed by atoms with E-state index >= 15 is 0 Å². The predicted octanol–water partition coefficient (Wildman–Crippen LogP) is 2.29. The molecule has 26 heavy (non-hydrogen) atoms. The summed E-state index contributed by atoms with van der Waals surface area (Å²) in [6, 6.07) is 13.7. The topological polar surface area (TPSA) is 66.4 Å². The van der Waals surface area contributed by atoms with Crippen LogP contribution in [0, 0.1) is 0 Å². The molecular formula is C20H25NaO4S. The first kappa shape index (κ1) is 23.2. The monoisotopic (exact) mass is 384 g/mol. The molecule has 0 radical (unpaired) electrons. The van der Waals surface area contributed by atoms with Crippen molar-refractivity contribution in [3.8, 4) is 11.5 Å². The standard InChI is InChI=1S/C20H26O4S.Na/c1-2-3-4-5-6-8-11-17-16-19(25(21,22)23)14-15-20(17)24-18-12-9-7-10-13-18;/h7,9-10,12-16H,2-6,8,11H2,1H3,(H,21,22,23);/q;+1/p-1. The normalized spacial score (nSPS) is 11.0. The van der Waals surface area contributed by atoms with Gasteiger partial charge in [0.15, 0.2) is 0 Å². The minimum atomic E-state index is -4.46. The molecule has 0 saturated carbocycles. The Kier molecular flexibility index (Phi) is 10.5. The van der Waals surface area contributed by atoms with Crippen LogP contribution in [0.4, 0.5) is 0 Å². The van der Waals surface area contributed by atoms with E-state index in [-0.39, 0.29) is 34.5 Å². The van der Waals surface area contributed by atoms with Crippen molar-refractivity contribution in [2.75, 3.05) is 0 Å². The molecule has 2 rings (SSSR count). The fraction of sp³-hybridized carbons (Fsp3) is 0.400. The Bertz CT molecular complexity index is 761. The van der Waals surface area contributed by atoms with Crippen molar-refractivity contribution in [1.82, 2.24) is 0 Å². The second-order valence-corrected chi connectivity index (χ2v) is 7.54. The van der Waals surface area contributed by atoms with Crippen molar-refractivity contribution >= 4 is 10.1 Å². The minimum absolute atomic E-state index is 0. The minimum Gasteiger partial charge on any atom is -0.744 e. The first-order valence-electron chi connectivity index (χ1n) is 8.82. The first-order valence-corrected chi connectivity index (χ1v) is 10.2. The molecule has 0 saturated heterocycles. The van der Waals surface area contributed by atoms with Gasteiger partial charge in [-0.1, -0.05) is 57.2 Å². The Morgan fingerprint density at radius 3 is 2.23 bits per heavy atom. The van der Waals surface area contributed by atoms with Crippen LogP contribution in [0.15, 0.2) is 53.4 Å². The Hall–Kier alpha value is -0.850. The summed E-state index contributed by atoms with van der Waals surface area (Å²) < 4.78 is 39.8. The Morgan fingerprint density at radius 2 is 1.58 bits per heavy atom. The first-order chi connectivity index (χ1) is 12.0. The average molecular weight is 384 g/mol. The molecule has 0 aliphatic heterocycles. The van der Waals surface area contributed by atoms with Crippen molar-refractivity contribution in [3.63, 3.8) is 0 Å². The van der Waals surface area contributed by atoms with Crippen LogP contribution in [0.3, 0.4) is 0 Å². The van der Waals surface area contributed by atoms with Gasteiger partial charge in [0.2, 0.25) is 0 Å². The van der Waals surface area contributed by atoms with Crippen molar-refractivity contribution < 1.29 is 47.3 Å².